The summed E-state index contributed by atoms with van der Waals surface area (Å²) in [6.45, 7) is 4.44. The highest BCUT2D eigenvalue weighted by molar-refractivity contribution is 6.03. The molecular formula is C26H24N6O3. The second-order valence-electron chi connectivity index (χ2n) is 7.86. The van der Waals surface area contributed by atoms with E-state index in [1.165, 1.54) is 0 Å². The van der Waals surface area contributed by atoms with Crippen LogP contribution in [0.5, 0.6) is 6.01 Å². The summed E-state index contributed by atoms with van der Waals surface area (Å²) in [7, 11) is 0. The molecule has 9 nitrogen and oxygen atoms in total. The van der Waals surface area contributed by atoms with E-state index in [1.54, 1.807) is 13.0 Å². The maximum absolute atomic E-state index is 12.5. The SMILES string of the molecule is CCOC(=O)c1ccc(Cc2ccc(-c3ccccc3-c3nnn[nH]3)cc2)c2nc(OCC)[nH]c12. The molecular weight excluding hydrogens is 444 g/mol. The van der Waals surface area contributed by atoms with Crippen LogP contribution in [0.1, 0.15) is 35.3 Å². The van der Waals surface area contributed by atoms with E-state index in [0.29, 0.717) is 48.1 Å². The van der Waals surface area contributed by atoms with Crippen molar-refractivity contribution in [1.82, 2.24) is 30.6 Å². The predicted octanol–water partition coefficient (Wildman–Crippen LogP) is 4.58. The third-order valence-corrected chi connectivity index (χ3v) is 5.67. The normalized spacial score (nSPS) is 11.0. The number of carbonyl (C=O) groups excluding carboxylic acids is 1. The summed E-state index contributed by atoms with van der Waals surface area (Å²) in [5.74, 6) is 0.234. The Bertz CT molecular complexity index is 1460. The van der Waals surface area contributed by atoms with Gasteiger partial charge >= 0.3 is 5.97 Å². The molecule has 2 N–H and O–H groups in total. The van der Waals surface area contributed by atoms with Gasteiger partial charge in [0.1, 0.15) is 0 Å². The molecule has 0 aliphatic carbocycles. The standard InChI is InChI=1S/C26H24N6O3/c1-3-34-25(33)21-14-13-18(22-23(21)28-26(27-22)35-4-2)15-16-9-11-17(12-10-16)19-7-5-6-8-20(19)24-29-31-32-30-24/h5-14H,3-4,15H2,1-2H3,(H,27,28)(H,29,30,31,32). The minimum absolute atomic E-state index is 0.303. The van der Waals surface area contributed by atoms with E-state index in [1.807, 2.05) is 37.3 Å². The fourth-order valence-electron chi connectivity index (χ4n) is 4.09. The number of aromatic amines is 2. The number of tetrazole rings is 1. The molecule has 176 valence electrons. The van der Waals surface area contributed by atoms with E-state index in [9.17, 15) is 4.79 Å². The molecule has 0 saturated heterocycles. The molecule has 5 aromatic rings. The van der Waals surface area contributed by atoms with Crippen molar-refractivity contribution < 1.29 is 14.3 Å². The van der Waals surface area contributed by atoms with Crippen LogP contribution in [0.3, 0.4) is 0 Å². The molecule has 3 aromatic carbocycles. The van der Waals surface area contributed by atoms with Gasteiger partial charge in [0.25, 0.3) is 6.01 Å². The van der Waals surface area contributed by atoms with Crippen LogP contribution in [0, 0.1) is 0 Å². The van der Waals surface area contributed by atoms with Crippen molar-refractivity contribution >= 4 is 17.0 Å². The van der Waals surface area contributed by atoms with E-state index in [-0.39, 0.29) is 5.97 Å². The molecule has 0 aliphatic heterocycles. The van der Waals surface area contributed by atoms with Crippen LogP contribution in [0.15, 0.2) is 60.7 Å². The maximum Gasteiger partial charge on any atom is 0.340 e. The van der Waals surface area contributed by atoms with Gasteiger partial charge in [-0.15, -0.1) is 5.10 Å². The minimum atomic E-state index is -0.388. The molecule has 35 heavy (non-hydrogen) atoms. The van der Waals surface area contributed by atoms with Gasteiger partial charge in [0.15, 0.2) is 5.82 Å². The summed E-state index contributed by atoms with van der Waals surface area (Å²) in [4.78, 5) is 20.2. The second-order valence-corrected chi connectivity index (χ2v) is 7.86. The van der Waals surface area contributed by atoms with Gasteiger partial charge < -0.3 is 14.5 Å². The Morgan fingerprint density at radius 3 is 2.46 bits per heavy atom. The number of nitrogens with zero attached hydrogens (tertiary/aromatic N) is 4. The number of hydrogen-bond acceptors (Lipinski definition) is 7. The first-order valence-corrected chi connectivity index (χ1v) is 11.4. The first kappa shape index (κ1) is 22.3. The maximum atomic E-state index is 12.5. The van der Waals surface area contributed by atoms with Crippen LogP contribution in [-0.2, 0) is 11.2 Å². The molecule has 2 aromatic heterocycles. The molecule has 0 bridgehead atoms. The van der Waals surface area contributed by atoms with Gasteiger partial charge in [0, 0.05) is 5.56 Å². The van der Waals surface area contributed by atoms with Gasteiger partial charge in [0.05, 0.1) is 29.8 Å². The van der Waals surface area contributed by atoms with Gasteiger partial charge in [-0.25, -0.2) is 9.89 Å². The van der Waals surface area contributed by atoms with Crippen molar-refractivity contribution in [2.75, 3.05) is 13.2 Å². The zero-order chi connectivity index (χ0) is 24.2. The highest BCUT2D eigenvalue weighted by atomic mass is 16.5. The summed E-state index contributed by atoms with van der Waals surface area (Å²) >= 11 is 0. The third-order valence-electron chi connectivity index (χ3n) is 5.67. The van der Waals surface area contributed by atoms with Crippen LogP contribution < -0.4 is 4.74 Å². The van der Waals surface area contributed by atoms with E-state index < -0.39 is 0 Å². The second kappa shape index (κ2) is 9.76. The Labute approximate surface area is 201 Å². The fourth-order valence-corrected chi connectivity index (χ4v) is 4.09. The van der Waals surface area contributed by atoms with Gasteiger partial charge in [0.2, 0.25) is 0 Å². The van der Waals surface area contributed by atoms with Crippen LogP contribution in [0.4, 0.5) is 0 Å². The van der Waals surface area contributed by atoms with Crippen LogP contribution in [-0.4, -0.2) is 49.8 Å². The molecule has 9 heteroatoms. The highest BCUT2D eigenvalue weighted by Gasteiger charge is 2.18. The molecule has 0 saturated carbocycles. The summed E-state index contributed by atoms with van der Waals surface area (Å²) in [5, 5.41) is 14.3. The topological polar surface area (TPSA) is 119 Å². The minimum Gasteiger partial charge on any atom is -0.465 e. The monoisotopic (exact) mass is 468 g/mol. The number of imidazole rings is 1. The number of benzene rings is 3. The zero-order valence-corrected chi connectivity index (χ0v) is 19.4. The number of carbonyl (C=O) groups is 1. The van der Waals surface area contributed by atoms with Crippen molar-refractivity contribution in [1.29, 1.82) is 0 Å². The lowest BCUT2D eigenvalue weighted by atomic mass is 9.96. The smallest absolute Gasteiger partial charge is 0.340 e. The molecule has 0 aliphatic rings. The third kappa shape index (κ3) is 4.48. The van der Waals surface area contributed by atoms with E-state index >= 15 is 0 Å². The summed E-state index contributed by atoms with van der Waals surface area (Å²) in [5.41, 5.74) is 6.88. The lowest BCUT2D eigenvalue weighted by Gasteiger charge is -2.09. The molecule has 0 amide bonds. The number of aromatic nitrogens is 6. The molecule has 2 heterocycles. The quantitative estimate of drug-likeness (QED) is 0.320. The van der Waals surface area contributed by atoms with Crippen LogP contribution >= 0.6 is 0 Å². The Hall–Kier alpha value is -4.53. The number of H-pyrrole nitrogens is 2. The van der Waals surface area contributed by atoms with Crippen molar-refractivity contribution in [2.24, 2.45) is 0 Å². The summed E-state index contributed by atoms with van der Waals surface area (Å²) < 4.78 is 10.8. The van der Waals surface area contributed by atoms with Crippen LogP contribution in [0.25, 0.3) is 33.5 Å². The Morgan fingerprint density at radius 2 is 1.74 bits per heavy atom. The Kier molecular flexibility index (Phi) is 6.21. The van der Waals surface area contributed by atoms with E-state index in [4.69, 9.17) is 9.47 Å². The van der Waals surface area contributed by atoms with Crippen molar-refractivity contribution in [3.8, 4) is 28.5 Å². The number of rotatable bonds is 8. The average Bonchev–Trinajstić information content (AvgIpc) is 3.56. The zero-order valence-electron chi connectivity index (χ0n) is 19.4. The Morgan fingerprint density at radius 1 is 0.943 bits per heavy atom. The van der Waals surface area contributed by atoms with Gasteiger partial charge in [-0.05, 0) is 59.0 Å². The Balaban J connectivity index is 1.46. The number of hydrogen-bond donors (Lipinski definition) is 2. The predicted molar refractivity (Wildman–Crippen MR) is 131 cm³/mol. The molecule has 0 atom stereocenters. The lowest BCUT2D eigenvalue weighted by Crippen LogP contribution is -2.06. The number of fused-ring (bicyclic) bond motifs is 1. The number of esters is 1. The molecule has 0 unspecified atom stereocenters. The van der Waals surface area contributed by atoms with Crippen molar-refractivity contribution in [2.45, 2.75) is 20.3 Å². The summed E-state index contributed by atoms with van der Waals surface area (Å²) in [6, 6.07) is 20.4. The van der Waals surface area contributed by atoms with Gasteiger partial charge in [-0.2, -0.15) is 4.98 Å². The van der Waals surface area contributed by atoms with Crippen molar-refractivity contribution in [3.05, 3.63) is 77.4 Å². The fraction of sp³-hybridized carbons (Fsp3) is 0.192. The lowest BCUT2D eigenvalue weighted by molar-refractivity contribution is 0.0528. The molecule has 0 fully saturated rings. The molecule has 0 radical (unpaired) electrons. The average molecular weight is 469 g/mol. The van der Waals surface area contributed by atoms with Gasteiger partial charge in [-0.1, -0.05) is 54.6 Å². The largest absolute Gasteiger partial charge is 0.465 e. The first-order valence-electron chi connectivity index (χ1n) is 11.4. The van der Waals surface area contributed by atoms with Crippen molar-refractivity contribution in [3.63, 3.8) is 0 Å². The summed E-state index contributed by atoms with van der Waals surface area (Å²) in [6.07, 6.45) is 0.643. The molecule has 5 rings (SSSR count). The van der Waals surface area contributed by atoms with E-state index in [0.717, 1.165) is 27.8 Å². The number of ether oxygens (including phenoxy) is 2. The number of nitrogens with one attached hydrogen (secondary N) is 2. The highest BCUT2D eigenvalue weighted by Crippen LogP contribution is 2.31. The molecule has 0 spiro atoms. The van der Waals surface area contributed by atoms with Gasteiger partial charge in [-0.3, -0.25) is 0 Å². The van der Waals surface area contributed by atoms with Crippen LogP contribution in [0.2, 0.25) is 0 Å². The first-order chi connectivity index (χ1) is 17.2. The van der Waals surface area contributed by atoms with E-state index in [2.05, 4.69) is 54.9 Å².